The molecule has 2 saturated carbocycles. The van der Waals surface area contributed by atoms with Crippen LogP contribution < -0.4 is 16.8 Å². The van der Waals surface area contributed by atoms with Crippen molar-refractivity contribution in [1.82, 2.24) is 0 Å². The fourth-order valence-corrected chi connectivity index (χ4v) is 4.12. The standard InChI is InChI=1S/C18H27N3O/c1-11(19)12-5-7-16(8-6-12)21-18(22)15-9-13-3-2-4-14(10-15)17(13)20/h5-8,11,13-15,17H,2-4,9-10,19-20H2,1H3,(H,21,22). The van der Waals surface area contributed by atoms with Gasteiger partial charge >= 0.3 is 0 Å². The average molecular weight is 301 g/mol. The van der Waals surface area contributed by atoms with Gasteiger partial charge in [-0.2, -0.15) is 0 Å². The number of benzene rings is 1. The highest BCUT2D eigenvalue weighted by Gasteiger charge is 2.40. The molecule has 4 heteroatoms. The summed E-state index contributed by atoms with van der Waals surface area (Å²) in [5, 5.41) is 3.06. The second-order valence-corrected chi connectivity index (χ2v) is 7.10. The Kier molecular flexibility index (Phi) is 4.50. The van der Waals surface area contributed by atoms with Gasteiger partial charge in [0, 0.05) is 23.7 Å². The van der Waals surface area contributed by atoms with Crippen LogP contribution in [0.25, 0.3) is 0 Å². The van der Waals surface area contributed by atoms with Crippen LogP contribution >= 0.6 is 0 Å². The number of carbonyl (C=O) groups excluding carboxylic acids is 1. The van der Waals surface area contributed by atoms with Crippen molar-refractivity contribution in [2.24, 2.45) is 29.2 Å². The summed E-state index contributed by atoms with van der Waals surface area (Å²) in [5.41, 5.74) is 14.1. The number of anilines is 1. The van der Waals surface area contributed by atoms with Crippen LogP contribution in [0.15, 0.2) is 24.3 Å². The van der Waals surface area contributed by atoms with E-state index in [4.69, 9.17) is 11.5 Å². The monoisotopic (exact) mass is 301 g/mol. The topological polar surface area (TPSA) is 81.1 Å². The van der Waals surface area contributed by atoms with E-state index >= 15 is 0 Å². The maximum absolute atomic E-state index is 12.5. The molecule has 2 bridgehead atoms. The van der Waals surface area contributed by atoms with E-state index in [1.807, 2.05) is 31.2 Å². The molecule has 0 aliphatic heterocycles. The van der Waals surface area contributed by atoms with Gasteiger partial charge in [-0.05, 0) is 62.1 Å². The molecule has 0 saturated heterocycles. The maximum atomic E-state index is 12.5. The fourth-order valence-electron chi connectivity index (χ4n) is 4.12. The summed E-state index contributed by atoms with van der Waals surface area (Å²) in [6, 6.07) is 8.15. The van der Waals surface area contributed by atoms with Gasteiger partial charge in [0.15, 0.2) is 0 Å². The van der Waals surface area contributed by atoms with Crippen LogP contribution in [0.1, 0.15) is 50.6 Å². The van der Waals surface area contributed by atoms with Crippen molar-refractivity contribution >= 4 is 11.6 Å². The van der Waals surface area contributed by atoms with Gasteiger partial charge in [0.1, 0.15) is 0 Å². The van der Waals surface area contributed by atoms with E-state index in [9.17, 15) is 4.79 Å². The number of nitrogens with two attached hydrogens (primary N) is 2. The Morgan fingerprint density at radius 1 is 1.18 bits per heavy atom. The molecule has 4 nitrogen and oxygen atoms in total. The molecule has 2 fully saturated rings. The van der Waals surface area contributed by atoms with Crippen molar-refractivity contribution in [3.63, 3.8) is 0 Å². The Balaban J connectivity index is 1.62. The van der Waals surface area contributed by atoms with Gasteiger partial charge in [-0.3, -0.25) is 4.79 Å². The van der Waals surface area contributed by atoms with E-state index in [0.717, 1.165) is 24.1 Å². The van der Waals surface area contributed by atoms with Crippen LogP contribution in [0.2, 0.25) is 0 Å². The molecule has 22 heavy (non-hydrogen) atoms. The van der Waals surface area contributed by atoms with Gasteiger partial charge in [0.05, 0.1) is 0 Å². The highest BCUT2D eigenvalue weighted by molar-refractivity contribution is 5.92. The Morgan fingerprint density at radius 3 is 2.32 bits per heavy atom. The summed E-state index contributed by atoms with van der Waals surface area (Å²) in [7, 11) is 0. The molecule has 1 aromatic rings. The van der Waals surface area contributed by atoms with Crippen molar-refractivity contribution in [2.45, 2.75) is 51.1 Å². The van der Waals surface area contributed by atoms with Crippen LogP contribution in [0.5, 0.6) is 0 Å². The molecule has 3 unspecified atom stereocenters. The van der Waals surface area contributed by atoms with E-state index in [1.54, 1.807) is 0 Å². The SMILES string of the molecule is CC(N)c1ccc(NC(=O)C2CC3CCCC(C2)C3N)cc1. The first-order valence-corrected chi connectivity index (χ1v) is 8.46. The lowest BCUT2D eigenvalue weighted by Crippen LogP contribution is -2.48. The third-order valence-electron chi connectivity index (χ3n) is 5.49. The van der Waals surface area contributed by atoms with E-state index in [2.05, 4.69) is 5.32 Å². The molecule has 1 aromatic carbocycles. The summed E-state index contributed by atoms with van der Waals surface area (Å²) < 4.78 is 0. The average Bonchev–Trinajstić information content (AvgIpc) is 2.47. The zero-order chi connectivity index (χ0) is 15.7. The smallest absolute Gasteiger partial charge is 0.227 e. The van der Waals surface area contributed by atoms with Crippen molar-refractivity contribution in [3.05, 3.63) is 29.8 Å². The molecule has 2 aliphatic carbocycles. The minimum absolute atomic E-state index is 0.0176. The lowest BCUT2D eigenvalue weighted by molar-refractivity contribution is -0.122. The van der Waals surface area contributed by atoms with E-state index < -0.39 is 0 Å². The van der Waals surface area contributed by atoms with Crippen molar-refractivity contribution in [1.29, 1.82) is 0 Å². The van der Waals surface area contributed by atoms with E-state index in [0.29, 0.717) is 17.9 Å². The number of hydrogen-bond acceptors (Lipinski definition) is 3. The molecule has 5 N–H and O–H groups in total. The van der Waals surface area contributed by atoms with Crippen LogP contribution in [0.4, 0.5) is 5.69 Å². The largest absolute Gasteiger partial charge is 0.327 e. The minimum atomic E-state index is 0.0176. The molecule has 1 amide bonds. The van der Waals surface area contributed by atoms with Gasteiger partial charge in [0.25, 0.3) is 0 Å². The Bertz CT molecular complexity index is 512. The quantitative estimate of drug-likeness (QED) is 0.803. The molecule has 0 radical (unpaired) electrons. The zero-order valence-electron chi connectivity index (χ0n) is 13.3. The Labute approximate surface area is 132 Å². The van der Waals surface area contributed by atoms with E-state index in [1.165, 1.54) is 19.3 Å². The third-order valence-corrected chi connectivity index (χ3v) is 5.49. The van der Waals surface area contributed by atoms with Crippen LogP contribution in [-0.2, 0) is 4.79 Å². The lowest BCUT2D eigenvalue weighted by Gasteiger charge is -2.43. The number of rotatable bonds is 3. The molecule has 0 spiro atoms. The van der Waals surface area contributed by atoms with E-state index in [-0.39, 0.29) is 17.9 Å². The highest BCUT2D eigenvalue weighted by Crippen LogP contribution is 2.42. The molecular formula is C18H27N3O. The molecular weight excluding hydrogens is 274 g/mol. The Morgan fingerprint density at radius 2 is 1.77 bits per heavy atom. The molecule has 3 atom stereocenters. The van der Waals surface area contributed by atoms with Crippen molar-refractivity contribution < 1.29 is 4.79 Å². The molecule has 3 rings (SSSR count). The van der Waals surface area contributed by atoms with Crippen molar-refractivity contribution in [3.8, 4) is 0 Å². The minimum Gasteiger partial charge on any atom is -0.327 e. The molecule has 2 aliphatic rings. The first kappa shape index (κ1) is 15.5. The summed E-state index contributed by atoms with van der Waals surface area (Å²) in [4.78, 5) is 12.5. The van der Waals surface area contributed by atoms with Crippen molar-refractivity contribution in [2.75, 3.05) is 5.32 Å². The lowest BCUT2D eigenvalue weighted by atomic mass is 9.65. The van der Waals surface area contributed by atoms with Gasteiger partial charge in [0.2, 0.25) is 5.91 Å². The van der Waals surface area contributed by atoms with Gasteiger partial charge in [-0.15, -0.1) is 0 Å². The number of hydrogen-bond donors (Lipinski definition) is 3. The zero-order valence-corrected chi connectivity index (χ0v) is 13.3. The number of carbonyl (C=O) groups is 1. The summed E-state index contributed by atoms with van der Waals surface area (Å²) in [6.07, 6.45) is 5.54. The number of fused-ring (bicyclic) bond motifs is 2. The van der Waals surface area contributed by atoms with Crippen LogP contribution in [0, 0.1) is 17.8 Å². The molecule has 0 aromatic heterocycles. The third kappa shape index (κ3) is 3.18. The van der Waals surface area contributed by atoms with Crippen LogP contribution in [0.3, 0.4) is 0 Å². The van der Waals surface area contributed by atoms with Gasteiger partial charge in [-0.25, -0.2) is 0 Å². The number of amides is 1. The fraction of sp³-hybridized carbons (Fsp3) is 0.611. The Hall–Kier alpha value is -1.39. The predicted molar refractivity (Wildman–Crippen MR) is 89.2 cm³/mol. The summed E-state index contributed by atoms with van der Waals surface area (Å²) in [6.45, 7) is 1.96. The second kappa shape index (κ2) is 6.39. The summed E-state index contributed by atoms with van der Waals surface area (Å²) in [5.74, 6) is 1.33. The van der Waals surface area contributed by atoms with Gasteiger partial charge < -0.3 is 16.8 Å². The highest BCUT2D eigenvalue weighted by atomic mass is 16.1. The maximum Gasteiger partial charge on any atom is 0.227 e. The van der Waals surface area contributed by atoms with Crippen LogP contribution in [-0.4, -0.2) is 11.9 Å². The first-order valence-electron chi connectivity index (χ1n) is 8.46. The molecule has 0 heterocycles. The first-order chi connectivity index (χ1) is 10.5. The van der Waals surface area contributed by atoms with Gasteiger partial charge in [-0.1, -0.05) is 18.6 Å². The summed E-state index contributed by atoms with van der Waals surface area (Å²) >= 11 is 0. The second-order valence-electron chi connectivity index (χ2n) is 7.10. The predicted octanol–water partition coefficient (Wildman–Crippen LogP) is 2.80. The number of nitrogens with one attached hydrogen (secondary N) is 1. The molecule has 120 valence electrons. The normalized spacial score (nSPS) is 32.3.